The summed E-state index contributed by atoms with van der Waals surface area (Å²) < 4.78 is 28.3. The van der Waals surface area contributed by atoms with Gasteiger partial charge in [-0.2, -0.15) is 10.4 Å². The normalized spacial score (nSPS) is 17.4. The van der Waals surface area contributed by atoms with Crippen molar-refractivity contribution in [2.45, 2.75) is 12.5 Å². The van der Waals surface area contributed by atoms with Crippen molar-refractivity contribution in [1.29, 1.82) is 5.26 Å². The number of hydrogen-bond acceptors (Lipinski definition) is 7. The summed E-state index contributed by atoms with van der Waals surface area (Å²) in [5.74, 6) is -0.850. The topological polar surface area (TPSA) is 122 Å². The van der Waals surface area contributed by atoms with E-state index in [1.165, 1.54) is 29.4 Å². The third-order valence-corrected chi connectivity index (χ3v) is 6.08. The van der Waals surface area contributed by atoms with E-state index < -0.39 is 17.7 Å². The fraction of sp³-hybridized carbons (Fsp3) is 0.250. The predicted molar refractivity (Wildman–Crippen MR) is 126 cm³/mol. The van der Waals surface area contributed by atoms with E-state index in [0.717, 1.165) is 12.3 Å². The number of hydrogen-bond donors (Lipinski definition) is 1. The lowest BCUT2D eigenvalue weighted by Gasteiger charge is -2.37. The zero-order valence-corrected chi connectivity index (χ0v) is 18.9. The van der Waals surface area contributed by atoms with Gasteiger partial charge in [0.1, 0.15) is 11.5 Å². The molecule has 0 saturated carbocycles. The van der Waals surface area contributed by atoms with E-state index in [9.17, 15) is 18.4 Å². The van der Waals surface area contributed by atoms with Gasteiger partial charge in [-0.1, -0.05) is 0 Å². The number of hydrazone groups is 1. The van der Waals surface area contributed by atoms with E-state index in [2.05, 4.69) is 20.1 Å². The maximum Gasteiger partial charge on any atom is 0.341 e. The number of aromatic amines is 1. The number of H-pyrrole nitrogens is 1. The number of urea groups is 1. The molecule has 2 aliphatic rings. The molecule has 1 N–H and O–H groups in total. The summed E-state index contributed by atoms with van der Waals surface area (Å²) >= 11 is 0. The first-order chi connectivity index (χ1) is 17.4. The Hall–Kier alpha value is -4.66. The fourth-order valence-electron chi connectivity index (χ4n) is 4.26. The molecule has 5 rings (SSSR count). The van der Waals surface area contributed by atoms with Crippen LogP contribution in [0.25, 0.3) is 11.3 Å². The van der Waals surface area contributed by atoms with Crippen LogP contribution in [0.4, 0.5) is 19.5 Å². The number of piperazine rings is 1. The van der Waals surface area contributed by atoms with Crippen LogP contribution in [0.3, 0.4) is 0 Å². The molecule has 0 radical (unpaired) electrons. The maximum absolute atomic E-state index is 14.4. The molecule has 10 nitrogen and oxygen atoms in total. The van der Waals surface area contributed by atoms with Gasteiger partial charge in [0.25, 0.3) is 0 Å². The lowest BCUT2D eigenvalue weighted by molar-refractivity contribution is 0.139. The highest BCUT2D eigenvalue weighted by Gasteiger charge is 2.34. The molecule has 2 aliphatic heterocycles. The Bertz CT molecular complexity index is 1420. The van der Waals surface area contributed by atoms with Crippen LogP contribution >= 0.6 is 0 Å². The Morgan fingerprint density at radius 1 is 1.14 bits per heavy atom. The second-order valence-corrected chi connectivity index (χ2v) is 8.34. The first kappa shape index (κ1) is 23.1. The molecule has 3 aromatic rings. The van der Waals surface area contributed by atoms with E-state index in [4.69, 9.17) is 5.26 Å². The summed E-state index contributed by atoms with van der Waals surface area (Å²) in [5, 5.41) is 14.7. The molecule has 182 valence electrons. The van der Waals surface area contributed by atoms with Gasteiger partial charge in [-0.05, 0) is 29.8 Å². The van der Waals surface area contributed by atoms with Crippen LogP contribution in [0, 0.1) is 23.0 Å². The standard InChI is InChI=1S/C24H20F2N8O2/c25-18-10-15(12-27)9-17(11-18)20-3-4-30-34(20)24(36)33-7-5-32(6-8-33)23-29-14-19(26)22(31-23)16-1-2-21(35)28-13-16/h1-2,4,9-11,13-14,20H,3,5-8H2,(H,28,35)/t20-/m0/s1. The highest BCUT2D eigenvalue weighted by Crippen LogP contribution is 2.31. The van der Waals surface area contributed by atoms with Crippen LogP contribution in [-0.2, 0) is 0 Å². The van der Waals surface area contributed by atoms with Crippen molar-refractivity contribution in [3.63, 3.8) is 0 Å². The average molecular weight is 490 g/mol. The third kappa shape index (κ3) is 4.50. The van der Waals surface area contributed by atoms with Crippen molar-refractivity contribution in [3.05, 3.63) is 75.8 Å². The van der Waals surface area contributed by atoms with Gasteiger partial charge < -0.3 is 14.8 Å². The molecule has 1 aromatic carbocycles. The number of aromatic nitrogens is 3. The van der Waals surface area contributed by atoms with Gasteiger partial charge in [0.2, 0.25) is 11.5 Å². The number of nitriles is 1. The van der Waals surface area contributed by atoms with Crippen LogP contribution in [-0.4, -0.2) is 63.3 Å². The molecule has 1 saturated heterocycles. The number of rotatable bonds is 3. The number of nitrogens with zero attached hydrogens (tertiary/aromatic N) is 7. The Morgan fingerprint density at radius 3 is 2.67 bits per heavy atom. The van der Waals surface area contributed by atoms with Crippen LogP contribution in [0.5, 0.6) is 0 Å². The maximum atomic E-state index is 14.4. The summed E-state index contributed by atoms with van der Waals surface area (Å²) in [5.41, 5.74) is 0.862. The Kier molecular flexibility index (Phi) is 6.12. The molecule has 1 fully saturated rings. The first-order valence-corrected chi connectivity index (χ1v) is 11.2. The molecule has 4 heterocycles. The summed E-state index contributed by atoms with van der Waals surface area (Å²) in [7, 11) is 0. The van der Waals surface area contributed by atoms with E-state index in [1.807, 2.05) is 11.0 Å². The second kappa shape index (κ2) is 9.53. The van der Waals surface area contributed by atoms with Gasteiger partial charge in [0.15, 0.2) is 5.82 Å². The zero-order chi connectivity index (χ0) is 25.2. The molecule has 0 bridgehead atoms. The van der Waals surface area contributed by atoms with Crippen molar-refractivity contribution in [3.8, 4) is 17.3 Å². The number of halogens is 2. The second-order valence-electron chi connectivity index (χ2n) is 8.34. The monoisotopic (exact) mass is 490 g/mol. The van der Waals surface area contributed by atoms with Gasteiger partial charge in [0.05, 0.1) is 23.9 Å². The fourth-order valence-corrected chi connectivity index (χ4v) is 4.26. The summed E-state index contributed by atoms with van der Waals surface area (Å²) in [6.07, 6.45) is 4.48. The van der Waals surface area contributed by atoms with Gasteiger partial charge in [-0.3, -0.25) is 4.79 Å². The molecule has 1 atom stereocenters. The summed E-state index contributed by atoms with van der Waals surface area (Å²) in [6.45, 7) is 1.50. The molecule has 12 heteroatoms. The minimum atomic E-state index is -0.616. The Morgan fingerprint density at radius 2 is 1.94 bits per heavy atom. The van der Waals surface area contributed by atoms with E-state index in [0.29, 0.717) is 49.7 Å². The largest absolute Gasteiger partial charge is 0.341 e. The number of amides is 2. The molecule has 0 unspecified atom stereocenters. The first-order valence-electron chi connectivity index (χ1n) is 11.2. The lowest BCUT2D eigenvalue weighted by atomic mass is 10.0. The van der Waals surface area contributed by atoms with Gasteiger partial charge in [-0.25, -0.2) is 28.6 Å². The van der Waals surface area contributed by atoms with Crippen LogP contribution in [0.1, 0.15) is 23.6 Å². The number of carbonyl (C=O) groups excluding carboxylic acids is 1. The molecule has 0 spiro atoms. The van der Waals surface area contributed by atoms with Crippen LogP contribution < -0.4 is 10.5 Å². The zero-order valence-electron chi connectivity index (χ0n) is 18.9. The predicted octanol–water partition coefficient (Wildman–Crippen LogP) is 2.66. The molecule has 2 amide bonds. The lowest BCUT2D eigenvalue weighted by Crippen LogP contribution is -2.52. The smallest absolute Gasteiger partial charge is 0.337 e. The van der Waals surface area contributed by atoms with Gasteiger partial charge in [0, 0.05) is 56.6 Å². The van der Waals surface area contributed by atoms with E-state index in [1.54, 1.807) is 17.2 Å². The van der Waals surface area contributed by atoms with Crippen molar-refractivity contribution in [2.75, 3.05) is 31.1 Å². The summed E-state index contributed by atoms with van der Waals surface area (Å²) in [6, 6.07) is 7.89. The number of pyridine rings is 1. The van der Waals surface area contributed by atoms with Gasteiger partial charge in [-0.15, -0.1) is 0 Å². The SMILES string of the molecule is N#Cc1cc(F)cc([C@@H]2CC=NN2C(=O)N2CCN(c3ncc(F)c(-c4ccc(=O)[nH]c4)n3)CC2)c1. The van der Waals surface area contributed by atoms with Crippen molar-refractivity contribution in [2.24, 2.45) is 5.10 Å². The summed E-state index contributed by atoms with van der Waals surface area (Å²) in [4.78, 5) is 39.0. The van der Waals surface area contributed by atoms with E-state index >= 15 is 0 Å². The Balaban J connectivity index is 1.28. The number of anilines is 1. The quantitative estimate of drug-likeness (QED) is 0.603. The van der Waals surface area contributed by atoms with Gasteiger partial charge >= 0.3 is 6.03 Å². The molecule has 0 aliphatic carbocycles. The van der Waals surface area contributed by atoms with Crippen molar-refractivity contribution < 1.29 is 13.6 Å². The molecular formula is C24H20F2N8O2. The number of nitrogens with one attached hydrogen (secondary N) is 1. The minimum absolute atomic E-state index is 0.0656. The number of benzene rings is 1. The van der Waals surface area contributed by atoms with Crippen molar-refractivity contribution >= 4 is 18.2 Å². The highest BCUT2D eigenvalue weighted by atomic mass is 19.1. The highest BCUT2D eigenvalue weighted by molar-refractivity contribution is 5.79. The third-order valence-electron chi connectivity index (χ3n) is 6.08. The molecule has 36 heavy (non-hydrogen) atoms. The number of carbonyl (C=O) groups is 1. The Labute approximate surface area is 204 Å². The van der Waals surface area contributed by atoms with Crippen molar-refractivity contribution in [1.82, 2.24) is 24.9 Å². The molecule has 2 aromatic heterocycles. The van der Waals surface area contributed by atoms with Crippen LogP contribution in [0.15, 0.2) is 52.6 Å². The minimum Gasteiger partial charge on any atom is -0.337 e. The molecular weight excluding hydrogens is 470 g/mol. The van der Waals surface area contributed by atoms with E-state index in [-0.39, 0.29) is 22.8 Å². The van der Waals surface area contributed by atoms with Crippen LogP contribution in [0.2, 0.25) is 0 Å². The average Bonchev–Trinajstić information content (AvgIpc) is 3.39.